The molecule has 0 amide bonds. The van der Waals surface area contributed by atoms with Gasteiger partial charge in [-0.3, -0.25) is 4.39 Å². The molecule has 2 heterocycles. The van der Waals surface area contributed by atoms with Crippen LogP contribution in [-0.2, 0) is 0 Å². The Balaban J connectivity index is 0.000000137. The molecule has 1 aliphatic rings. The van der Waals surface area contributed by atoms with Gasteiger partial charge < -0.3 is 19.8 Å². The Morgan fingerprint density at radius 3 is 1.14 bits per heavy atom. The fourth-order valence-electron chi connectivity index (χ4n) is 17.7. The summed E-state index contributed by atoms with van der Waals surface area (Å²) in [6.45, 7) is 0. The Bertz CT molecular complexity index is 7330. The summed E-state index contributed by atoms with van der Waals surface area (Å²) in [5, 5.41) is 23.2. The third-order valence-corrected chi connectivity index (χ3v) is 23.7. The average Bonchev–Trinajstić information content (AvgIpc) is 1.50. The first-order valence-electron chi connectivity index (χ1n) is 38.3. The van der Waals surface area contributed by atoms with Gasteiger partial charge in [0.15, 0.2) is 0 Å². The van der Waals surface area contributed by atoms with Crippen molar-refractivity contribution >= 4 is 158 Å². The van der Waals surface area contributed by atoms with Gasteiger partial charge in [-0.1, -0.05) is 303 Å². The van der Waals surface area contributed by atoms with E-state index in [1.165, 1.54) is 181 Å². The van der Waals surface area contributed by atoms with E-state index in [1.54, 1.807) is 0 Å². The molecule has 0 bridgehead atoms. The van der Waals surface area contributed by atoms with E-state index < -0.39 is 7.15 Å². The Hall–Kier alpha value is -13.9. The van der Waals surface area contributed by atoms with Crippen molar-refractivity contribution in [3.63, 3.8) is 0 Å². The third-order valence-electron chi connectivity index (χ3n) is 22.9. The van der Waals surface area contributed by atoms with Gasteiger partial charge in [-0.15, -0.1) is 0 Å². The van der Waals surface area contributed by atoms with Crippen molar-refractivity contribution in [1.29, 1.82) is 0 Å². The normalized spacial score (nSPS) is 11.9. The Labute approximate surface area is 651 Å². The van der Waals surface area contributed by atoms with Crippen molar-refractivity contribution < 1.29 is 5.76 Å². The maximum absolute atomic E-state index is 9.96. The standard InChI is InChI=1S/C52H33BrN2.C52H32N2.CH3F/c53-51-46-31-26-40(32-47(46)54-52(51)45-30-25-39-21-20-37-10-6-11-38-24-29-44(45)50(39)49(37)38)35-18-16-33(17-19-35)34-22-27-42(28-23-34)55(41-12-2-1-3-13-41)48-15-7-9-36-8-4-5-14-43(36)48;1-2-12-40(13-3-1)54(47-15-7-9-35-8-4-5-14-42(35)47)41-26-22-33(23-27-41)32-16-18-34(19-17-32)38-25-28-43-46(31-38)53-52-44-29-24-37-21-20-36-10-6-11-39-30-45(51(43)52)50(44)49(37)48(36)39;1-2/h1-32,54H;1-31,53H;1H3/i;;1D. The first-order valence-corrected chi connectivity index (χ1v) is 38.4. The number of para-hydroxylation sites is 2. The molecule has 0 saturated carbocycles. The summed E-state index contributed by atoms with van der Waals surface area (Å²) in [5.41, 5.74) is 26.2. The lowest BCUT2D eigenvalue weighted by Gasteiger charge is -2.27. The number of hydrogen-bond acceptors (Lipinski definition) is 2. The van der Waals surface area contributed by atoms with Crippen LogP contribution in [0.5, 0.6) is 0 Å². The SMILES string of the molecule is Brc1c(-c2ccc3ccc4cccc5ccc2c3c45)[nH]c2cc(-c3ccc(-c4ccc(N(c5ccccc5)c5cccc6ccccc56)cc4)cc3)ccc12.[2H]CF.c1ccc(N(c2ccc(-c3ccc(-c4ccc5c6c([nH]c5c4)-c4ccc5ccc7cccc8cc-6c4c5c78)cc3)cc2)c2cccc3ccccc23)cc1. The molecule has 0 atom stereocenters. The summed E-state index contributed by atoms with van der Waals surface area (Å²) in [4.78, 5) is 12.4. The van der Waals surface area contributed by atoms with E-state index in [0.29, 0.717) is 0 Å². The topological polar surface area (TPSA) is 38.1 Å². The Morgan fingerprint density at radius 2 is 0.604 bits per heavy atom. The van der Waals surface area contributed by atoms with Crippen molar-refractivity contribution in [3.8, 4) is 78.1 Å². The molecule has 0 unspecified atom stereocenters. The lowest BCUT2D eigenvalue weighted by atomic mass is 9.90. The van der Waals surface area contributed by atoms with E-state index in [1.807, 2.05) is 0 Å². The van der Waals surface area contributed by atoms with Crippen molar-refractivity contribution in [3.05, 3.63) is 387 Å². The second-order valence-electron chi connectivity index (χ2n) is 28.9. The molecule has 6 heteroatoms. The summed E-state index contributed by atoms with van der Waals surface area (Å²) >= 11 is 3.99. The van der Waals surface area contributed by atoms with Gasteiger partial charge in [-0.2, -0.15) is 0 Å². The number of anilines is 6. The van der Waals surface area contributed by atoms with Gasteiger partial charge in [-0.05, 0) is 215 Å². The van der Waals surface area contributed by atoms with E-state index >= 15 is 0 Å². The number of aromatic amines is 2. The monoisotopic (exact) mass is 1480 g/mol. The molecule has 0 aliphatic heterocycles. The maximum atomic E-state index is 9.96. The van der Waals surface area contributed by atoms with E-state index in [0.717, 1.165) is 44.1 Å². The highest BCUT2D eigenvalue weighted by Gasteiger charge is 2.29. The molecule has 4 nitrogen and oxygen atoms in total. The van der Waals surface area contributed by atoms with Crippen LogP contribution in [0.25, 0.3) is 186 Å². The molecule has 22 aromatic rings. The van der Waals surface area contributed by atoms with E-state index in [-0.39, 0.29) is 0 Å². The van der Waals surface area contributed by atoms with Crippen LogP contribution in [0.1, 0.15) is 1.37 Å². The third kappa shape index (κ3) is 10.9. The molecule has 20 aromatic carbocycles. The number of hydrogen-bond donors (Lipinski definition) is 2. The second-order valence-corrected chi connectivity index (χ2v) is 29.7. The van der Waals surface area contributed by atoms with Crippen molar-refractivity contribution in [2.24, 2.45) is 0 Å². The van der Waals surface area contributed by atoms with Gasteiger partial charge in [0.2, 0.25) is 0 Å². The number of alkyl halides is 1. The predicted molar refractivity (Wildman–Crippen MR) is 475 cm³/mol. The van der Waals surface area contributed by atoms with E-state index in [9.17, 15) is 4.39 Å². The highest BCUT2D eigenvalue weighted by atomic mass is 79.9. The zero-order valence-electron chi connectivity index (χ0n) is 61.2. The maximum Gasteiger partial charge on any atom is 0.0785 e. The van der Waals surface area contributed by atoms with E-state index in [2.05, 4.69) is 418 Å². The van der Waals surface area contributed by atoms with Crippen LogP contribution in [0, 0.1) is 0 Å². The quantitative estimate of drug-likeness (QED) is 0.127. The van der Waals surface area contributed by atoms with Crippen LogP contribution in [0.3, 0.4) is 0 Å². The van der Waals surface area contributed by atoms with Crippen molar-refractivity contribution in [2.45, 2.75) is 0 Å². The van der Waals surface area contributed by atoms with Gasteiger partial charge >= 0.3 is 0 Å². The fourth-order valence-corrected chi connectivity index (χ4v) is 18.4. The molecule has 23 rings (SSSR count). The first-order chi connectivity index (χ1) is 55.4. The average molecular weight is 1490 g/mol. The van der Waals surface area contributed by atoms with Crippen LogP contribution in [-0.4, -0.2) is 17.1 Å². The second kappa shape index (κ2) is 26.8. The smallest absolute Gasteiger partial charge is 0.0785 e. The van der Waals surface area contributed by atoms with Gasteiger partial charge in [0.1, 0.15) is 0 Å². The number of aromatic nitrogens is 2. The number of halogens is 2. The molecule has 111 heavy (non-hydrogen) atoms. The minimum atomic E-state index is -1.00. The first kappa shape index (κ1) is 64.3. The molecule has 522 valence electrons. The minimum Gasteiger partial charge on any atom is -0.354 e. The fraction of sp³-hybridized carbons (Fsp3) is 0.00952. The Kier molecular flexibility index (Phi) is 15.5. The number of fused-ring (bicyclic) bond motifs is 8. The van der Waals surface area contributed by atoms with Crippen LogP contribution < -0.4 is 9.80 Å². The van der Waals surface area contributed by atoms with Crippen LogP contribution in [0.15, 0.2) is 387 Å². The zero-order valence-corrected chi connectivity index (χ0v) is 61.8. The number of nitrogens with zero attached hydrogens (tertiary/aromatic N) is 2. The number of benzene rings is 20. The van der Waals surface area contributed by atoms with Gasteiger partial charge in [-0.25, -0.2) is 0 Å². The number of nitrogens with one attached hydrogen (secondary N) is 2. The zero-order chi connectivity index (χ0) is 74.5. The Morgan fingerprint density at radius 1 is 0.252 bits per heavy atom. The van der Waals surface area contributed by atoms with Crippen LogP contribution >= 0.6 is 15.9 Å². The molecule has 0 fully saturated rings. The van der Waals surface area contributed by atoms with E-state index in [4.69, 9.17) is 1.37 Å². The summed E-state index contributed by atoms with van der Waals surface area (Å²) in [6.07, 6.45) is 0. The summed E-state index contributed by atoms with van der Waals surface area (Å²) in [5.74, 6) is 0. The highest BCUT2D eigenvalue weighted by Crippen LogP contribution is 2.55. The number of rotatable bonds is 11. The molecule has 0 spiro atoms. The van der Waals surface area contributed by atoms with Gasteiger partial charge in [0.25, 0.3) is 0 Å². The van der Waals surface area contributed by atoms with Gasteiger partial charge in [0, 0.05) is 77.4 Å². The summed E-state index contributed by atoms with van der Waals surface area (Å²) < 4.78 is 16.6. The molecule has 0 saturated heterocycles. The molecule has 1 aliphatic carbocycles. The van der Waals surface area contributed by atoms with Crippen LogP contribution in [0.2, 0.25) is 0 Å². The molecule has 2 N–H and O–H groups in total. The minimum absolute atomic E-state index is 1.00. The summed E-state index contributed by atoms with van der Waals surface area (Å²) in [6, 6.07) is 139. The highest BCUT2D eigenvalue weighted by molar-refractivity contribution is 9.10. The molecule has 2 aromatic heterocycles. The summed E-state index contributed by atoms with van der Waals surface area (Å²) in [7, 11) is -1.00. The molecular weight excluding hydrogens is 1420 g/mol. The largest absolute Gasteiger partial charge is 0.354 e. The predicted octanol–water partition coefficient (Wildman–Crippen LogP) is 30.7. The van der Waals surface area contributed by atoms with Crippen molar-refractivity contribution in [2.75, 3.05) is 17.0 Å². The molecule has 0 radical (unpaired) electrons. The molecular formula is C105H68BrFN4. The van der Waals surface area contributed by atoms with Gasteiger partial charge in [0.05, 0.1) is 35.8 Å². The van der Waals surface area contributed by atoms with Crippen molar-refractivity contribution in [1.82, 2.24) is 9.97 Å². The lowest BCUT2D eigenvalue weighted by Crippen LogP contribution is -2.10. The number of H-pyrrole nitrogens is 2. The lowest BCUT2D eigenvalue weighted by molar-refractivity contribution is 0.636. The van der Waals surface area contributed by atoms with Crippen LogP contribution in [0.4, 0.5) is 38.5 Å².